The molecular weight excluding hydrogens is 256 g/mol. The highest BCUT2D eigenvalue weighted by atomic mass is 16.7. The van der Waals surface area contributed by atoms with Gasteiger partial charge in [-0.2, -0.15) is 0 Å². The predicted octanol–water partition coefficient (Wildman–Crippen LogP) is 1.52. The molecule has 1 aromatic carbocycles. The largest absolute Gasteiger partial charge is 0.454 e. The predicted molar refractivity (Wildman–Crippen MR) is 74.7 cm³/mol. The zero-order chi connectivity index (χ0) is 13.9. The number of fused-ring (bicyclic) bond motifs is 1. The first kappa shape index (κ1) is 13.2. The Morgan fingerprint density at radius 1 is 1.40 bits per heavy atom. The highest BCUT2D eigenvalue weighted by molar-refractivity contribution is 5.82. The Balaban J connectivity index is 1.69. The van der Waals surface area contributed by atoms with Gasteiger partial charge in [0.15, 0.2) is 11.5 Å². The minimum absolute atomic E-state index is 0.0102. The minimum atomic E-state index is -0.0102. The van der Waals surface area contributed by atoms with Crippen LogP contribution in [0.4, 0.5) is 0 Å². The zero-order valence-corrected chi connectivity index (χ0v) is 11.7. The van der Waals surface area contributed by atoms with E-state index in [2.05, 4.69) is 5.32 Å². The molecule has 2 heterocycles. The maximum absolute atomic E-state index is 12.4. The standard InChI is InChI=1S/C15H20N2O3/c1-2-17(15(18)12-4-3-7-16-12)9-11-5-6-13-14(8-11)20-10-19-13/h5-6,8,12,16H,2-4,7,9-10H2,1H3/t12-/m0/s1. The van der Waals surface area contributed by atoms with Gasteiger partial charge < -0.3 is 19.7 Å². The van der Waals surface area contributed by atoms with Gasteiger partial charge in [-0.05, 0) is 44.0 Å². The second kappa shape index (κ2) is 5.71. The van der Waals surface area contributed by atoms with Crippen molar-refractivity contribution >= 4 is 5.91 Å². The van der Waals surface area contributed by atoms with Crippen molar-refractivity contribution in [3.63, 3.8) is 0 Å². The van der Waals surface area contributed by atoms with E-state index in [0.717, 1.165) is 36.4 Å². The number of amides is 1. The molecule has 0 aliphatic carbocycles. The van der Waals surface area contributed by atoms with Crippen LogP contribution in [0.3, 0.4) is 0 Å². The lowest BCUT2D eigenvalue weighted by Crippen LogP contribution is -2.43. The summed E-state index contributed by atoms with van der Waals surface area (Å²) in [5, 5.41) is 3.26. The fourth-order valence-electron chi connectivity index (χ4n) is 2.72. The van der Waals surface area contributed by atoms with Crippen LogP contribution in [0.5, 0.6) is 11.5 Å². The molecule has 1 aromatic rings. The third-order valence-electron chi connectivity index (χ3n) is 3.86. The summed E-state index contributed by atoms with van der Waals surface area (Å²) in [5.74, 6) is 1.74. The van der Waals surface area contributed by atoms with E-state index >= 15 is 0 Å². The first-order valence-electron chi connectivity index (χ1n) is 7.18. The van der Waals surface area contributed by atoms with E-state index in [-0.39, 0.29) is 18.7 Å². The molecule has 1 saturated heterocycles. The molecule has 1 atom stereocenters. The normalized spacial score (nSPS) is 20.1. The monoisotopic (exact) mass is 276 g/mol. The summed E-state index contributed by atoms with van der Waals surface area (Å²) < 4.78 is 10.7. The van der Waals surface area contributed by atoms with Crippen LogP contribution in [0.15, 0.2) is 18.2 Å². The molecule has 1 amide bonds. The average Bonchev–Trinajstić information content (AvgIpc) is 3.14. The highest BCUT2D eigenvalue weighted by Crippen LogP contribution is 2.32. The van der Waals surface area contributed by atoms with Gasteiger partial charge in [-0.3, -0.25) is 4.79 Å². The molecule has 0 aromatic heterocycles. The Labute approximate surface area is 118 Å². The summed E-state index contributed by atoms with van der Waals surface area (Å²) in [6.45, 7) is 4.56. The Kier molecular flexibility index (Phi) is 3.78. The molecule has 0 saturated carbocycles. The summed E-state index contributed by atoms with van der Waals surface area (Å²) in [5.41, 5.74) is 1.07. The molecule has 108 valence electrons. The maximum atomic E-state index is 12.4. The van der Waals surface area contributed by atoms with Crippen molar-refractivity contribution in [2.75, 3.05) is 19.9 Å². The summed E-state index contributed by atoms with van der Waals surface area (Å²) in [6, 6.07) is 5.85. The van der Waals surface area contributed by atoms with Crippen molar-refractivity contribution in [2.45, 2.75) is 32.4 Å². The number of rotatable bonds is 4. The van der Waals surface area contributed by atoms with Crippen molar-refractivity contribution in [3.8, 4) is 11.5 Å². The maximum Gasteiger partial charge on any atom is 0.239 e. The quantitative estimate of drug-likeness (QED) is 0.906. The fourth-order valence-corrected chi connectivity index (χ4v) is 2.72. The Morgan fingerprint density at radius 3 is 3.00 bits per heavy atom. The van der Waals surface area contributed by atoms with Crippen molar-refractivity contribution < 1.29 is 14.3 Å². The van der Waals surface area contributed by atoms with E-state index in [1.165, 1.54) is 0 Å². The van der Waals surface area contributed by atoms with Crippen LogP contribution in [-0.4, -0.2) is 36.7 Å². The molecule has 20 heavy (non-hydrogen) atoms. The number of hydrogen-bond acceptors (Lipinski definition) is 4. The number of nitrogens with one attached hydrogen (secondary N) is 1. The summed E-state index contributed by atoms with van der Waals surface area (Å²) in [6.07, 6.45) is 2.02. The lowest BCUT2D eigenvalue weighted by atomic mass is 10.1. The molecular formula is C15H20N2O3. The van der Waals surface area contributed by atoms with Crippen LogP contribution in [0, 0.1) is 0 Å². The van der Waals surface area contributed by atoms with Crippen LogP contribution in [0.1, 0.15) is 25.3 Å². The molecule has 2 aliphatic rings. The molecule has 2 aliphatic heterocycles. The van der Waals surface area contributed by atoms with Crippen molar-refractivity contribution in [3.05, 3.63) is 23.8 Å². The number of benzene rings is 1. The van der Waals surface area contributed by atoms with Crippen LogP contribution >= 0.6 is 0 Å². The number of carbonyl (C=O) groups excluding carboxylic acids is 1. The molecule has 0 unspecified atom stereocenters. The van der Waals surface area contributed by atoms with Crippen molar-refractivity contribution in [1.29, 1.82) is 0 Å². The third kappa shape index (κ3) is 2.58. The van der Waals surface area contributed by atoms with Crippen LogP contribution in [-0.2, 0) is 11.3 Å². The van der Waals surface area contributed by atoms with E-state index in [1.54, 1.807) is 0 Å². The Morgan fingerprint density at radius 2 is 2.25 bits per heavy atom. The summed E-state index contributed by atoms with van der Waals surface area (Å²) in [4.78, 5) is 14.3. The lowest BCUT2D eigenvalue weighted by molar-refractivity contribution is -0.133. The van der Waals surface area contributed by atoms with Gasteiger partial charge in [0.05, 0.1) is 6.04 Å². The number of carbonyl (C=O) groups is 1. The molecule has 0 spiro atoms. The molecule has 1 fully saturated rings. The summed E-state index contributed by atoms with van der Waals surface area (Å²) in [7, 11) is 0. The number of ether oxygens (including phenoxy) is 2. The van der Waals surface area contributed by atoms with Gasteiger partial charge in [-0.25, -0.2) is 0 Å². The number of nitrogens with zero attached hydrogens (tertiary/aromatic N) is 1. The minimum Gasteiger partial charge on any atom is -0.454 e. The van der Waals surface area contributed by atoms with Crippen molar-refractivity contribution in [2.24, 2.45) is 0 Å². The highest BCUT2D eigenvalue weighted by Gasteiger charge is 2.26. The number of hydrogen-bond donors (Lipinski definition) is 1. The fraction of sp³-hybridized carbons (Fsp3) is 0.533. The summed E-state index contributed by atoms with van der Waals surface area (Å²) >= 11 is 0. The topological polar surface area (TPSA) is 50.8 Å². The first-order valence-corrected chi connectivity index (χ1v) is 7.18. The second-order valence-electron chi connectivity index (χ2n) is 5.19. The molecule has 3 rings (SSSR count). The van der Waals surface area contributed by atoms with Gasteiger partial charge in [0, 0.05) is 13.1 Å². The Bertz CT molecular complexity index is 498. The van der Waals surface area contributed by atoms with E-state index in [9.17, 15) is 4.79 Å². The van der Waals surface area contributed by atoms with Crippen molar-refractivity contribution in [1.82, 2.24) is 10.2 Å². The van der Waals surface area contributed by atoms with Gasteiger partial charge in [0.25, 0.3) is 0 Å². The second-order valence-corrected chi connectivity index (χ2v) is 5.19. The van der Waals surface area contributed by atoms with Gasteiger partial charge in [0.1, 0.15) is 0 Å². The van der Waals surface area contributed by atoms with Gasteiger partial charge in [-0.1, -0.05) is 6.07 Å². The Hall–Kier alpha value is -1.75. The molecule has 1 N–H and O–H groups in total. The van der Waals surface area contributed by atoms with Gasteiger partial charge in [-0.15, -0.1) is 0 Å². The average molecular weight is 276 g/mol. The van der Waals surface area contributed by atoms with E-state index in [4.69, 9.17) is 9.47 Å². The van der Waals surface area contributed by atoms with Gasteiger partial charge >= 0.3 is 0 Å². The lowest BCUT2D eigenvalue weighted by Gasteiger charge is -2.24. The third-order valence-corrected chi connectivity index (χ3v) is 3.86. The van der Waals surface area contributed by atoms with Crippen LogP contribution in [0.2, 0.25) is 0 Å². The van der Waals surface area contributed by atoms with E-state index in [0.29, 0.717) is 13.1 Å². The van der Waals surface area contributed by atoms with E-state index in [1.807, 2.05) is 30.0 Å². The molecule has 0 bridgehead atoms. The van der Waals surface area contributed by atoms with Gasteiger partial charge in [0.2, 0.25) is 12.7 Å². The zero-order valence-electron chi connectivity index (χ0n) is 11.7. The number of likely N-dealkylation sites (N-methyl/N-ethyl adjacent to an activating group) is 1. The first-order chi connectivity index (χ1) is 9.78. The smallest absolute Gasteiger partial charge is 0.239 e. The van der Waals surface area contributed by atoms with Crippen LogP contribution in [0.25, 0.3) is 0 Å². The molecule has 0 radical (unpaired) electrons. The van der Waals surface area contributed by atoms with E-state index < -0.39 is 0 Å². The van der Waals surface area contributed by atoms with Crippen LogP contribution < -0.4 is 14.8 Å². The molecule has 5 nitrogen and oxygen atoms in total. The molecule has 5 heteroatoms. The SMILES string of the molecule is CCN(Cc1ccc2c(c1)OCO2)C(=O)[C@@H]1CCCN1.